The van der Waals surface area contributed by atoms with Gasteiger partial charge in [0.2, 0.25) is 0 Å². The highest BCUT2D eigenvalue weighted by molar-refractivity contribution is 5.45. The molecule has 198 valence electrons. The van der Waals surface area contributed by atoms with Crippen molar-refractivity contribution < 1.29 is 0 Å². The largest absolute Gasteiger partial charge is 0.0991 e. The zero-order chi connectivity index (χ0) is 28.7. The molecular formula is C36H54. The SMILES string of the molecule is C=CC=C(C)/C(C)=C(C)/C(C)=C(\C)C=CC.C=CC=C(C)/C(C)=C(\C)C=CC.C=CC=C(C)C=CC. The van der Waals surface area contributed by atoms with E-state index in [0.717, 1.165) is 0 Å². The Balaban J connectivity index is -0.000000481. The maximum atomic E-state index is 3.73. The third-order valence-electron chi connectivity index (χ3n) is 5.87. The molecule has 0 spiro atoms. The van der Waals surface area contributed by atoms with Gasteiger partial charge in [0, 0.05) is 0 Å². The van der Waals surface area contributed by atoms with Crippen LogP contribution >= 0.6 is 0 Å². The molecule has 0 aliphatic heterocycles. The second-order valence-electron chi connectivity index (χ2n) is 8.68. The summed E-state index contributed by atoms with van der Waals surface area (Å²) in [7, 11) is 0. The van der Waals surface area contributed by atoms with Crippen LogP contribution in [0.1, 0.15) is 83.1 Å². The highest BCUT2D eigenvalue weighted by Crippen LogP contribution is 2.22. The van der Waals surface area contributed by atoms with E-state index < -0.39 is 0 Å². The standard InChI is InChI=1S/C16H24.C12H18.C8H12/c1-8-10-12(3)14(5)16(7)15(6)13(4)11-9-2;1-6-8-10(3)12(5)11(4)9-7-2;1-4-6-8(3)7-5-2/h8-11H,1H2,2-7H3;6-9H,1H2,2-5H3;4-7H,1H2,2-3H3/b11-9?,12-10?,15-13+,16-14+;9-7?,10-8?,12-11+;. The van der Waals surface area contributed by atoms with Gasteiger partial charge >= 0.3 is 0 Å². The van der Waals surface area contributed by atoms with Gasteiger partial charge in [0.05, 0.1) is 0 Å². The van der Waals surface area contributed by atoms with Gasteiger partial charge in [-0.3, -0.25) is 0 Å². The van der Waals surface area contributed by atoms with Gasteiger partial charge in [0.15, 0.2) is 0 Å². The molecule has 0 unspecified atom stereocenters. The van der Waals surface area contributed by atoms with Crippen molar-refractivity contribution in [3.05, 3.63) is 143 Å². The summed E-state index contributed by atoms with van der Waals surface area (Å²) in [5.41, 5.74) is 11.8. The monoisotopic (exact) mass is 486 g/mol. The van der Waals surface area contributed by atoms with E-state index in [1.54, 1.807) is 6.08 Å². The fourth-order valence-corrected chi connectivity index (χ4v) is 3.04. The molecule has 0 aliphatic rings. The lowest BCUT2D eigenvalue weighted by Crippen LogP contribution is -1.91. The second-order valence-corrected chi connectivity index (χ2v) is 8.68. The molecule has 0 saturated carbocycles. The zero-order valence-electron chi connectivity index (χ0n) is 25.5. The molecule has 0 aromatic rings. The van der Waals surface area contributed by atoms with Gasteiger partial charge in [-0.2, -0.15) is 0 Å². The van der Waals surface area contributed by atoms with Crippen molar-refractivity contribution in [1.29, 1.82) is 0 Å². The van der Waals surface area contributed by atoms with Gasteiger partial charge in [-0.1, -0.05) is 98.2 Å². The minimum absolute atomic E-state index is 1.24. The highest BCUT2D eigenvalue weighted by Gasteiger charge is 2.02. The normalized spacial score (nSPS) is 14.8. The predicted octanol–water partition coefficient (Wildman–Crippen LogP) is 12.1. The topological polar surface area (TPSA) is 0 Å². The molecule has 0 radical (unpaired) electrons. The summed E-state index contributed by atoms with van der Waals surface area (Å²) in [5.74, 6) is 0. The summed E-state index contributed by atoms with van der Waals surface area (Å²) in [6.07, 6.45) is 24.0. The fraction of sp³-hybridized carbons (Fsp3) is 0.333. The molecule has 0 amide bonds. The van der Waals surface area contributed by atoms with Crippen LogP contribution in [0.25, 0.3) is 0 Å². The first kappa shape index (κ1) is 37.4. The zero-order valence-corrected chi connectivity index (χ0v) is 25.5. The third-order valence-corrected chi connectivity index (χ3v) is 5.87. The Hall–Kier alpha value is -3.12. The summed E-state index contributed by atoms with van der Waals surface area (Å²) in [4.78, 5) is 0. The van der Waals surface area contributed by atoms with Crippen LogP contribution < -0.4 is 0 Å². The van der Waals surface area contributed by atoms with Gasteiger partial charge in [0.1, 0.15) is 0 Å². The Morgan fingerprint density at radius 1 is 0.417 bits per heavy atom. The van der Waals surface area contributed by atoms with Crippen molar-refractivity contribution in [1.82, 2.24) is 0 Å². The summed E-state index contributed by atoms with van der Waals surface area (Å²) < 4.78 is 0. The van der Waals surface area contributed by atoms with Crippen LogP contribution in [0.3, 0.4) is 0 Å². The van der Waals surface area contributed by atoms with E-state index in [1.807, 2.05) is 64.2 Å². The Kier molecular flexibility index (Phi) is 24.6. The molecule has 0 bridgehead atoms. The molecule has 0 N–H and O–H groups in total. The number of hydrogen-bond donors (Lipinski definition) is 0. The van der Waals surface area contributed by atoms with Crippen molar-refractivity contribution in [2.75, 3.05) is 0 Å². The summed E-state index contributed by atoms with van der Waals surface area (Å²) in [6.45, 7) is 36.2. The van der Waals surface area contributed by atoms with Crippen molar-refractivity contribution in [2.24, 2.45) is 0 Å². The first-order chi connectivity index (χ1) is 16.9. The number of rotatable bonds is 9. The van der Waals surface area contributed by atoms with Crippen LogP contribution in [0.2, 0.25) is 0 Å². The minimum Gasteiger partial charge on any atom is -0.0991 e. The van der Waals surface area contributed by atoms with E-state index in [0.29, 0.717) is 0 Å². The average Bonchev–Trinajstić information content (AvgIpc) is 2.83. The molecule has 0 nitrogen and oxygen atoms in total. The van der Waals surface area contributed by atoms with Gasteiger partial charge in [0.25, 0.3) is 0 Å². The molecule has 0 heteroatoms. The molecule has 0 aromatic carbocycles. The van der Waals surface area contributed by atoms with Crippen LogP contribution in [-0.2, 0) is 0 Å². The van der Waals surface area contributed by atoms with Crippen LogP contribution in [0.5, 0.6) is 0 Å². The quantitative estimate of drug-likeness (QED) is 0.284. The van der Waals surface area contributed by atoms with Crippen molar-refractivity contribution >= 4 is 0 Å². The fourth-order valence-electron chi connectivity index (χ4n) is 3.04. The van der Waals surface area contributed by atoms with Gasteiger partial charge in [-0.25, -0.2) is 0 Å². The Labute approximate surface area is 225 Å². The Morgan fingerprint density at radius 3 is 1.14 bits per heavy atom. The second kappa shape index (κ2) is 23.6. The van der Waals surface area contributed by atoms with Crippen LogP contribution in [-0.4, -0.2) is 0 Å². The molecule has 0 rings (SSSR count). The molecule has 0 fully saturated rings. The third kappa shape index (κ3) is 18.2. The molecule has 0 heterocycles. The van der Waals surface area contributed by atoms with E-state index in [9.17, 15) is 0 Å². The van der Waals surface area contributed by atoms with Crippen molar-refractivity contribution in [2.45, 2.75) is 83.1 Å². The molecule has 36 heavy (non-hydrogen) atoms. The van der Waals surface area contributed by atoms with E-state index in [1.165, 1.54) is 50.2 Å². The van der Waals surface area contributed by atoms with Crippen molar-refractivity contribution in [3.63, 3.8) is 0 Å². The molecular weight excluding hydrogens is 432 g/mol. The van der Waals surface area contributed by atoms with E-state index in [2.05, 4.69) is 106 Å². The van der Waals surface area contributed by atoms with E-state index in [4.69, 9.17) is 0 Å². The first-order valence-corrected chi connectivity index (χ1v) is 12.7. The lowest BCUT2D eigenvalue weighted by Gasteiger charge is -2.11. The van der Waals surface area contributed by atoms with Crippen LogP contribution in [0.15, 0.2) is 143 Å². The predicted molar refractivity (Wildman–Crippen MR) is 171 cm³/mol. The van der Waals surface area contributed by atoms with Gasteiger partial charge in [-0.15, -0.1) is 0 Å². The Bertz CT molecular complexity index is 967. The summed E-state index contributed by atoms with van der Waals surface area (Å²) >= 11 is 0. The van der Waals surface area contributed by atoms with Gasteiger partial charge < -0.3 is 0 Å². The Morgan fingerprint density at radius 2 is 0.778 bits per heavy atom. The lowest BCUT2D eigenvalue weighted by molar-refractivity contribution is 1.19. The smallest absolute Gasteiger partial charge is 0.0392 e. The minimum atomic E-state index is 1.24. The van der Waals surface area contributed by atoms with Gasteiger partial charge in [-0.05, 0) is 128 Å². The maximum absolute atomic E-state index is 3.73. The molecule has 0 aliphatic carbocycles. The summed E-state index contributed by atoms with van der Waals surface area (Å²) in [6, 6.07) is 0. The number of allylic oxidation sites excluding steroid dienone is 21. The molecule has 0 saturated heterocycles. The molecule has 0 aromatic heterocycles. The first-order valence-electron chi connectivity index (χ1n) is 12.7. The lowest BCUT2D eigenvalue weighted by atomic mass is 9.95. The maximum Gasteiger partial charge on any atom is -0.0392 e. The van der Waals surface area contributed by atoms with Crippen molar-refractivity contribution in [3.8, 4) is 0 Å². The number of hydrogen-bond acceptors (Lipinski definition) is 0. The highest BCUT2D eigenvalue weighted by atomic mass is 14.1. The summed E-state index contributed by atoms with van der Waals surface area (Å²) in [5, 5.41) is 0. The molecule has 0 atom stereocenters. The van der Waals surface area contributed by atoms with E-state index in [-0.39, 0.29) is 0 Å². The van der Waals surface area contributed by atoms with Crippen LogP contribution in [0.4, 0.5) is 0 Å². The van der Waals surface area contributed by atoms with E-state index >= 15 is 0 Å². The van der Waals surface area contributed by atoms with Crippen LogP contribution in [0, 0.1) is 0 Å². The average molecular weight is 487 g/mol.